The third kappa shape index (κ3) is 13.4. The van der Waals surface area contributed by atoms with Gasteiger partial charge in [-0.2, -0.15) is 0 Å². The molecule has 0 aromatic heterocycles. The van der Waals surface area contributed by atoms with Gasteiger partial charge in [0.05, 0.1) is 18.3 Å². The van der Waals surface area contributed by atoms with Crippen molar-refractivity contribution in [1.82, 2.24) is 0 Å². The van der Waals surface area contributed by atoms with Gasteiger partial charge in [-0.1, -0.05) is 127 Å². The summed E-state index contributed by atoms with van der Waals surface area (Å²) < 4.78 is 17.6. The number of esters is 1. The summed E-state index contributed by atoms with van der Waals surface area (Å²) >= 11 is 0. The van der Waals surface area contributed by atoms with Crippen molar-refractivity contribution in [3.05, 3.63) is 83.9 Å². The SMILES string of the molecule is CCCCCCCCCCOC(C)c1ccc(OC(=O)c2ccc(-c3ccc(OCCCCCCCC)cc3)cc2)cc1. The Morgan fingerprint density at radius 2 is 1.02 bits per heavy atom. The third-order valence-electron chi connectivity index (χ3n) is 8.00. The van der Waals surface area contributed by atoms with Crippen LogP contribution in [-0.2, 0) is 4.74 Å². The van der Waals surface area contributed by atoms with E-state index in [1.165, 1.54) is 77.0 Å². The largest absolute Gasteiger partial charge is 0.494 e. The summed E-state index contributed by atoms with van der Waals surface area (Å²) in [6.07, 6.45) is 17.9. The summed E-state index contributed by atoms with van der Waals surface area (Å²) in [7, 11) is 0. The molecule has 0 aliphatic rings. The van der Waals surface area contributed by atoms with Gasteiger partial charge in [-0.25, -0.2) is 4.79 Å². The molecular weight excluding hydrogens is 532 g/mol. The lowest BCUT2D eigenvalue weighted by atomic mass is 10.0. The Hall–Kier alpha value is -3.11. The van der Waals surface area contributed by atoms with Gasteiger partial charge in [0, 0.05) is 6.61 Å². The van der Waals surface area contributed by atoms with Crippen molar-refractivity contribution in [2.75, 3.05) is 13.2 Å². The van der Waals surface area contributed by atoms with Gasteiger partial charge in [0.2, 0.25) is 0 Å². The molecule has 3 rings (SSSR count). The summed E-state index contributed by atoms with van der Waals surface area (Å²) in [6.45, 7) is 8.11. The van der Waals surface area contributed by atoms with Crippen LogP contribution in [0.2, 0.25) is 0 Å². The van der Waals surface area contributed by atoms with Crippen molar-refractivity contribution < 1.29 is 19.0 Å². The van der Waals surface area contributed by atoms with E-state index in [2.05, 4.69) is 32.9 Å². The lowest BCUT2D eigenvalue weighted by molar-refractivity contribution is 0.0627. The van der Waals surface area contributed by atoms with E-state index in [0.717, 1.165) is 48.5 Å². The molecule has 0 saturated carbocycles. The van der Waals surface area contributed by atoms with Crippen LogP contribution in [0.4, 0.5) is 0 Å². The molecule has 4 heteroatoms. The van der Waals surface area contributed by atoms with E-state index in [9.17, 15) is 4.79 Å². The Morgan fingerprint density at radius 1 is 0.558 bits per heavy atom. The van der Waals surface area contributed by atoms with E-state index in [1.54, 1.807) is 0 Å². The average molecular weight is 587 g/mol. The van der Waals surface area contributed by atoms with Crippen LogP contribution < -0.4 is 9.47 Å². The van der Waals surface area contributed by atoms with Crippen LogP contribution in [-0.4, -0.2) is 19.2 Å². The maximum atomic E-state index is 12.8. The molecule has 0 saturated heterocycles. The van der Waals surface area contributed by atoms with Crippen LogP contribution in [0.5, 0.6) is 11.5 Å². The molecule has 4 nitrogen and oxygen atoms in total. The molecule has 0 amide bonds. The molecule has 0 radical (unpaired) electrons. The predicted octanol–water partition coefficient (Wildman–Crippen LogP) is 11.5. The zero-order valence-electron chi connectivity index (χ0n) is 27.0. The highest BCUT2D eigenvalue weighted by Crippen LogP contribution is 2.25. The number of carbonyl (C=O) groups is 1. The lowest BCUT2D eigenvalue weighted by Crippen LogP contribution is -2.08. The minimum atomic E-state index is -0.364. The van der Waals surface area contributed by atoms with Crippen LogP contribution in [0.3, 0.4) is 0 Å². The third-order valence-corrected chi connectivity index (χ3v) is 8.00. The summed E-state index contributed by atoms with van der Waals surface area (Å²) in [6, 6.07) is 23.3. The van der Waals surface area contributed by atoms with Crippen molar-refractivity contribution in [2.24, 2.45) is 0 Å². The number of rotatable bonds is 22. The molecule has 0 heterocycles. The quantitative estimate of drug-likeness (QED) is 0.0667. The van der Waals surface area contributed by atoms with Gasteiger partial charge in [-0.3, -0.25) is 0 Å². The summed E-state index contributed by atoms with van der Waals surface area (Å²) in [5.41, 5.74) is 3.74. The van der Waals surface area contributed by atoms with E-state index in [-0.39, 0.29) is 12.1 Å². The van der Waals surface area contributed by atoms with Crippen molar-refractivity contribution in [1.29, 1.82) is 0 Å². The van der Waals surface area contributed by atoms with Gasteiger partial charge >= 0.3 is 5.97 Å². The number of unbranched alkanes of at least 4 members (excludes halogenated alkanes) is 12. The highest BCUT2D eigenvalue weighted by Gasteiger charge is 2.11. The lowest BCUT2D eigenvalue weighted by Gasteiger charge is -2.14. The number of benzene rings is 3. The molecule has 3 aromatic rings. The Balaban J connectivity index is 1.37. The molecule has 0 bridgehead atoms. The van der Waals surface area contributed by atoms with Gasteiger partial charge in [0.25, 0.3) is 0 Å². The highest BCUT2D eigenvalue weighted by atomic mass is 16.5. The van der Waals surface area contributed by atoms with E-state index in [4.69, 9.17) is 14.2 Å². The van der Waals surface area contributed by atoms with Crippen LogP contribution >= 0.6 is 0 Å². The first-order chi connectivity index (χ1) is 21.1. The summed E-state index contributed by atoms with van der Waals surface area (Å²) in [4.78, 5) is 12.8. The molecule has 0 fully saturated rings. The molecule has 1 atom stereocenters. The zero-order valence-corrected chi connectivity index (χ0v) is 27.0. The van der Waals surface area contributed by atoms with E-state index < -0.39 is 0 Å². The van der Waals surface area contributed by atoms with E-state index >= 15 is 0 Å². The number of hydrogen-bond donors (Lipinski definition) is 0. The van der Waals surface area contributed by atoms with Crippen molar-refractivity contribution in [3.63, 3.8) is 0 Å². The van der Waals surface area contributed by atoms with Gasteiger partial charge < -0.3 is 14.2 Å². The molecular formula is C39H54O4. The second-order valence-corrected chi connectivity index (χ2v) is 11.7. The number of hydrogen-bond acceptors (Lipinski definition) is 4. The molecule has 0 aliphatic carbocycles. The van der Waals surface area contributed by atoms with Gasteiger partial charge in [-0.05, 0) is 72.9 Å². The van der Waals surface area contributed by atoms with Crippen LogP contribution in [0.25, 0.3) is 11.1 Å². The van der Waals surface area contributed by atoms with Gasteiger partial charge in [0.15, 0.2) is 0 Å². The van der Waals surface area contributed by atoms with Gasteiger partial charge in [-0.15, -0.1) is 0 Å². The Bertz CT molecular complexity index is 1140. The standard InChI is InChI=1S/C39H54O4/c1-4-6-8-10-12-13-15-16-30-41-32(3)33-22-28-38(29-23-33)43-39(40)36-20-18-34(19-21-36)35-24-26-37(27-25-35)42-31-17-14-11-9-7-5-2/h18-29,32H,4-17,30-31H2,1-3H3. The van der Waals surface area contributed by atoms with Gasteiger partial charge in [0.1, 0.15) is 11.5 Å². The zero-order chi connectivity index (χ0) is 30.5. The average Bonchev–Trinajstić information content (AvgIpc) is 3.04. The fourth-order valence-electron chi connectivity index (χ4n) is 5.18. The highest BCUT2D eigenvalue weighted by molar-refractivity contribution is 5.91. The second-order valence-electron chi connectivity index (χ2n) is 11.7. The maximum absolute atomic E-state index is 12.8. The summed E-state index contributed by atoms with van der Waals surface area (Å²) in [5, 5.41) is 0. The number of carbonyl (C=O) groups excluding carboxylic acids is 1. The topological polar surface area (TPSA) is 44.8 Å². The molecule has 1 unspecified atom stereocenters. The van der Waals surface area contributed by atoms with Crippen LogP contribution in [0.15, 0.2) is 72.8 Å². The monoisotopic (exact) mass is 586 g/mol. The Kier molecular flexibility index (Phi) is 16.6. The Labute approximate surface area is 261 Å². The van der Waals surface area contributed by atoms with Crippen LogP contribution in [0.1, 0.15) is 133 Å². The summed E-state index contributed by atoms with van der Waals surface area (Å²) in [5.74, 6) is 1.06. The maximum Gasteiger partial charge on any atom is 0.343 e. The molecule has 234 valence electrons. The molecule has 0 spiro atoms. The van der Waals surface area contributed by atoms with Crippen molar-refractivity contribution >= 4 is 5.97 Å². The smallest absolute Gasteiger partial charge is 0.343 e. The molecule has 0 N–H and O–H groups in total. The fraction of sp³-hybridized carbons (Fsp3) is 0.513. The first-order valence-electron chi connectivity index (χ1n) is 16.9. The first kappa shape index (κ1) is 34.4. The van der Waals surface area contributed by atoms with E-state index in [0.29, 0.717) is 11.3 Å². The van der Waals surface area contributed by atoms with Crippen molar-refractivity contribution in [2.45, 2.75) is 117 Å². The van der Waals surface area contributed by atoms with E-state index in [1.807, 2.05) is 60.7 Å². The minimum absolute atomic E-state index is 0.0165. The number of ether oxygens (including phenoxy) is 3. The molecule has 3 aromatic carbocycles. The minimum Gasteiger partial charge on any atom is -0.494 e. The molecule has 0 aliphatic heterocycles. The van der Waals surface area contributed by atoms with Crippen molar-refractivity contribution in [3.8, 4) is 22.6 Å². The normalized spacial score (nSPS) is 11.8. The predicted molar refractivity (Wildman–Crippen MR) is 179 cm³/mol. The van der Waals surface area contributed by atoms with Crippen LogP contribution in [0, 0.1) is 0 Å². The first-order valence-corrected chi connectivity index (χ1v) is 16.9. The molecule has 43 heavy (non-hydrogen) atoms. The fourth-order valence-corrected chi connectivity index (χ4v) is 5.18. The Morgan fingerprint density at radius 3 is 1.58 bits per heavy atom. The second kappa shape index (κ2) is 20.7.